The second-order valence-corrected chi connectivity index (χ2v) is 5.29. The maximum atomic E-state index is 12.2. The van der Waals surface area contributed by atoms with E-state index in [1.54, 1.807) is 29.3 Å². The first-order valence-electron chi connectivity index (χ1n) is 7.47. The van der Waals surface area contributed by atoms with E-state index in [-0.39, 0.29) is 5.91 Å². The van der Waals surface area contributed by atoms with Gasteiger partial charge in [-0.15, -0.1) is 0 Å². The van der Waals surface area contributed by atoms with Crippen molar-refractivity contribution in [1.82, 2.24) is 24.6 Å². The van der Waals surface area contributed by atoms with Crippen LogP contribution in [0.15, 0.2) is 31.0 Å². The number of nitriles is 1. The lowest BCUT2D eigenvalue weighted by molar-refractivity contribution is -0.131. The number of rotatable bonds is 4. The molecule has 0 radical (unpaired) electrons. The zero-order valence-corrected chi connectivity index (χ0v) is 12.7. The SMILES string of the molecule is N#Cc1ccnc(N2CCN(C(=O)CCn3cncn3)CC2)c1. The van der Waals surface area contributed by atoms with Gasteiger partial charge >= 0.3 is 0 Å². The van der Waals surface area contributed by atoms with Crippen LogP contribution in [-0.2, 0) is 11.3 Å². The van der Waals surface area contributed by atoms with Crippen molar-refractivity contribution in [2.75, 3.05) is 31.1 Å². The van der Waals surface area contributed by atoms with Crippen molar-refractivity contribution in [3.05, 3.63) is 36.5 Å². The molecule has 0 unspecified atom stereocenters. The highest BCUT2D eigenvalue weighted by molar-refractivity contribution is 5.76. The molecule has 1 fully saturated rings. The van der Waals surface area contributed by atoms with Crippen LogP contribution >= 0.6 is 0 Å². The number of aromatic nitrogens is 4. The summed E-state index contributed by atoms with van der Waals surface area (Å²) in [5.74, 6) is 0.914. The minimum absolute atomic E-state index is 0.124. The van der Waals surface area contributed by atoms with Crippen molar-refractivity contribution >= 4 is 11.7 Å². The molecule has 23 heavy (non-hydrogen) atoms. The Hall–Kier alpha value is -2.95. The van der Waals surface area contributed by atoms with Gasteiger partial charge in [-0.3, -0.25) is 9.48 Å². The number of hydrogen-bond acceptors (Lipinski definition) is 6. The summed E-state index contributed by atoms with van der Waals surface area (Å²) in [6.45, 7) is 3.31. The highest BCUT2D eigenvalue weighted by Crippen LogP contribution is 2.15. The third-order valence-corrected chi connectivity index (χ3v) is 3.85. The molecule has 0 bridgehead atoms. The molecule has 8 nitrogen and oxygen atoms in total. The second-order valence-electron chi connectivity index (χ2n) is 5.29. The Labute approximate surface area is 134 Å². The molecule has 0 spiro atoms. The van der Waals surface area contributed by atoms with Crippen LogP contribution in [0.1, 0.15) is 12.0 Å². The number of hydrogen-bond donors (Lipinski definition) is 0. The minimum Gasteiger partial charge on any atom is -0.353 e. The van der Waals surface area contributed by atoms with Crippen LogP contribution in [0.3, 0.4) is 0 Å². The third kappa shape index (κ3) is 3.63. The number of nitrogens with zero attached hydrogens (tertiary/aromatic N) is 7. The van der Waals surface area contributed by atoms with E-state index in [1.807, 2.05) is 4.90 Å². The normalized spacial score (nSPS) is 14.6. The quantitative estimate of drug-likeness (QED) is 0.805. The van der Waals surface area contributed by atoms with Gasteiger partial charge in [-0.1, -0.05) is 0 Å². The molecule has 1 aliphatic heterocycles. The van der Waals surface area contributed by atoms with E-state index in [4.69, 9.17) is 5.26 Å². The first kappa shape index (κ1) is 15.0. The summed E-state index contributed by atoms with van der Waals surface area (Å²) in [4.78, 5) is 24.4. The number of anilines is 1. The number of amides is 1. The van der Waals surface area contributed by atoms with Gasteiger partial charge in [0.05, 0.1) is 18.2 Å². The lowest BCUT2D eigenvalue weighted by Gasteiger charge is -2.35. The smallest absolute Gasteiger partial charge is 0.224 e. The van der Waals surface area contributed by atoms with Crippen molar-refractivity contribution in [2.45, 2.75) is 13.0 Å². The van der Waals surface area contributed by atoms with E-state index < -0.39 is 0 Å². The van der Waals surface area contributed by atoms with Crippen LogP contribution in [0.4, 0.5) is 5.82 Å². The van der Waals surface area contributed by atoms with E-state index in [0.717, 1.165) is 18.9 Å². The van der Waals surface area contributed by atoms with Crippen molar-refractivity contribution in [3.8, 4) is 6.07 Å². The Balaban J connectivity index is 1.51. The van der Waals surface area contributed by atoms with Gasteiger partial charge in [-0.25, -0.2) is 9.97 Å². The second kappa shape index (κ2) is 6.87. The molecule has 0 saturated carbocycles. The molecule has 0 N–H and O–H groups in total. The molecule has 2 aromatic heterocycles. The Bertz CT molecular complexity index is 699. The lowest BCUT2D eigenvalue weighted by atomic mass is 10.2. The minimum atomic E-state index is 0.124. The molecule has 0 atom stereocenters. The summed E-state index contributed by atoms with van der Waals surface area (Å²) < 4.78 is 1.66. The highest BCUT2D eigenvalue weighted by Gasteiger charge is 2.21. The first-order valence-corrected chi connectivity index (χ1v) is 7.47. The fourth-order valence-corrected chi connectivity index (χ4v) is 2.56. The molecule has 1 aliphatic rings. The Kier molecular flexibility index (Phi) is 4.47. The van der Waals surface area contributed by atoms with E-state index in [1.165, 1.54) is 6.33 Å². The third-order valence-electron chi connectivity index (χ3n) is 3.85. The van der Waals surface area contributed by atoms with Gasteiger partial charge in [0, 0.05) is 38.8 Å². The maximum Gasteiger partial charge on any atom is 0.224 e. The maximum absolute atomic E-state index is 12.2. The molecular formula is C15H17N7O. The molecule has 2 aromatic rings. The van der Waals surface area contributed by atoms with Gasteiger partial charge in [0.2, 0.25) is 5.91 Å². The Morgan fingerprint density at radius 2 is 2.13 bits per heavy atom. The van der Waals surface area contributed by atoms with Gasteiger partial charge in [0.15, 0.2) is 0 Å². The molecule has 0 aromatic carbocycles. The van der Waals surface area contributed by atoms with Crippen LogP contribution in [-0.4, -0.2) is 56.7 Å². The van der Waals surface area contributed by atoms with Gasteiger partial charge in [0.25, 0.3) is 0 Å². The zero-order chi connectivity index (χ0) is 16.1. The number of carbonyl (C=O) groups is 1. The number of carbonyl (C=O) groups excluding carboxylic acids is 1. The molecule has 1 saturated heterocycles. The summed E-state index contributed by atoms with van der Waals surface area (Å²) >= 11 is 0. The Morgan fingerprint density at radius 1 is 1.30 bits per heavy atom. The van der Waals surface area contributed by atoms with Crippen LogP contribution < -0.4 is 4.90 Å². The molecular weight excluding hydrogens is 294 g/mol. The summed E-state index contributed by atoms with van der Waals surface area (Å²) in [7, 11) is 0. The molecule has 118 valence electrons. The topological polar surface area (TPSA) is 90.9 Å². The summed E-state index contributed by atoms with van der Waals surface area (Å²) in [5.41, 5.74) is 0.598. The molecule has 8 heteroatoms. The number of piperazine rings is 1. The first-order chi connectivity index (χ1) is 11.3. The molecule has 3 rings (SSSR count). The van der Waals surface area contributed by atoms with Gasteiger partial charge < -0.3 is 9.80 Å². The van der Waals surface area contributed by atoms with Gasteiger partial charge in [0.1, 0.15) is 18.5 Å². The predicted octanol–water partition coefficient (Wildman–Crippen LogP) is 0.284. The van der Waals surface area contributed by atoms with Crippen molar-refractivity contribution in [2.24, 2.45) is 0 Å². The van der Waals surface area contributed by atoms with E-state index in [0.29, 0.717) is 31.6 Å². The summed E-state index contributed by atoms with van der Waals surface area (Å²) in [5, 5.41) is 12.9. The van der Waals surface area contributed by atoms with Gasteiger partial charge in [-0.05, 0) is 12.1 Å². The fourth-order valence-electron chi connectivity index (χ4n) is 2.56. The lowest BCUT2D eigenvalue weighted by Crippen LogP contribution is -2.49. The average molecular weight is 311 g/mol. The van der Waals surface area contributed by atoms with Crippen LogP contribution in [0.2, 0.25) is 0 Å². The molecule has 3 heterocycles. The molecule has 0 aliphatic carbocycles. The Morgan fingerprint density at radius 3 is 2.83 bits per heavy atom. The highest BCUT2D eigenvalue weighted by atomic mass is 16.2. The number of pyridine rings is 1. The summed E-state index contributed by atoms with van der Waals surface area (Å²) in [6, 6.07) is 5.59. The van der Waals surface area contributed by atoms with Crippen molar-refractivity contribution in [1.29, 1.82) is 5.26 Å². The number of aryl methyl sites for hydroxylation is 1. The van der Waals surface area contributed by atoms with E-state index >= 15 is 0 Å². The molecule has 1 amide bonds. The van der Waals surface area contributed by atoms with E-state index in [2.05, 4.69) is 26.0 Å². The van der Waals surface area contributed by atoms with Crippen molar-refractivity contribution < 1.29 is 4.79 Å². The standard InChI is InChI=1S/C15H17N7O/c16-10-13-1-3-18-14(9-13)20-5-7-21(8-6-20)15(23)2-4-22-12-17-11-19-22/h1,3,9,11-12H,2,4-8H2. The summed E-state index contributed by atoms with van der Waals surface area (Å²) in [6.07, 6.45) is 5.14. The zero-order valence-electron chi connectivity index (χ0n) is 12.7. The van der Waals surface area contributed by atoms with Crippen LogP contribution in [0.25, 0.3) is 0 Å². The largest absolute Gasteiger partial charge is 0.353 e. The van der Waals surface area contributed by atoms with Crippen molar-refractivity contribution in [3.63, 3.8) is 0 Å². The van der Waals surface area contributed by atoms with Crippen LogP contribution in [0.5, 0.6) is 0 Å². The monoisotopic (exact) mass is 311 g/mol. The van der Waals surface area contributed by atoms with E-state index in [9.17, 15) is 4.79 Å². The predicted molar refractivity (Wildman–Crippen MR) is 82.4 cm³/mol. The van der Waals surface area contributed by atoms with Crippen LogP contribution in [0, 0.1) is 11.3 Å². The van der Waals surface area contributed by atoms with Gasteiger partial charge in [-0.2, -0.15) is 10.4 Å². The fraction of sp³-hybridized carbons (Fsp3) is 0.400. The average Bonchev–Trinajstić information content (AvgIpc) is 3.13.